The zero-order valence-electron chi connectivity index (χ0n) is 9.46. The van der Waals surface area contributed by atoms with Crippen LogP contribution >= 0.6 is 15.9 Å². The van der Waals surface area contributed by atoms with E-state index in [1.165, 1.54) is 32.1 Å². The molecule has 0 heterocycles. The topological polar surface area (TPSA) is 0 Å². The number of hydrogen-bond acceptors (Lipinski definition) is 0. The molecule has 16 heavy (non-hydrogen) atoms. The Bertz CT molecular complexity index is 331. The summed E-state index contributed by atoms with van der Waals surface area (Å²) >= 11 is 3.69. The van der Waals surface area contributed by atoms with Crippen LogP contribution in [0.15, 0.2) is 24.3 Å². The van der Waals surface area contributed by atoms with Gasteiger partial charge in [0.05, 0.1) is 0 Å². The molecule has 2 heteroatoms. The molecule has 0 radical (unpaired) electrons. The van der Waals surface area contributed by atoms with Gasteiger partial charge in [-0.15, -0.1) is 0 Å². The summed E-state index contributed by atoms with van der Waals surface area (Å²) in [6.07, 6.45) is 7.48. The van der Waals surface area contributed by atoms with E-state index in [2.05, 4.69) is 15.9 Å². The van der Waals surface area contributed by atoms with Crippen LogP contribution in [0.1, 0.15) is 37.7 Å². The van der Waals surface area contributed by atoms with Gasteiger partial charge in [-0.25, -0.2) is 4.39 Å². The number of halogens is 2. The standard InChI is InChI=1S/C14H18BrF/c15-13(9-11-5-1-2-6-11)10-12-7-3-4-8-14(12)16/h3-4,7-8,11,13H,1-2,5-6,9-10H2. The van der Waals surface area contributed by atoms with Crippen LogP contribution in [-0.2, 0) is 6.42 Å². The van der Waals surface area contributed by atoms with E-state index in [9.17, 15) is 4.39 Å². The fourth-order valence-electron chi connectivity index (χ4n) is 2.59. The van der Waals surface area contributed by atoms with Gasteiger partial charge in [0.15, 0.2) is 0 Å². The lowest BCUT2D eigenvalue weighted by atomic mass is 9.98. The Morgan fingerprint density at radius 1 is 1.25 bits per heavy atom. The molecule has 1 saturated carbocycles. The van der Waals surface area contributed by atoms with E-state index in [0.29, 0.717) is 4.83 Å². The van der Waals surface area contributed by atoms with Crippen molar-refractivity contribution in [3.05, 3.63) is 35.6 Å². The number of benzene rings is 1. The molecule has 0 aliphatic heterocycles. The third kappa shape index (κ3) is 3.31. The first kappa shape index (κ1) is 12.1. The normalized spacial score (nSPS) is 18.9. The molecule has 0 nitrogen and oxygen atoms in total. The third-order valence-electron chi connectivity index (χ3n) is 3.46. The maximum Gasteiger partial charge on any atom is 0.126 e. The molecule has 0 saturated heterocycles. The third-order valence-corrected chi connectivity index (χ3v) is 4.16. The number of hydrogen-bond donors (Lipinski definition) is 0. The molecule has 0 bridgehead atoms. The average Bonchev–Trinajstić information content (AvgIpc) is 2.74. The number of rotatable bonds is 4. The molecule has 0 spiro atoms. The van der Waals surface area contributed by atoms with E-state index in [1.807, 2.05) is 12.1 Å². The van der Waals surface area contributed by atoms with Crippen molar-refractivity contribution in [3.8, 4) is 0 Å². The summed E-state index contributed by atoms with van der Waals surface area (Å²) in [7, 11) is 0. The van der Waals surface area contributed by atoms with Crippen molar-refractivity contribution < 1.29 is 4.39 Å². The van der Waals surface area contributed by atoms with Gasteiger partial charge in [-0.05, 0) is 30.4 Å². The Morgan fingerprint density at radius 3 is 2.62 bits per heavy atom. The monoisotopic (exact) mass is 284 g/mol. The zero-order chi connectivity index (χ0) is 11.4. The Morgan fingerprint density at radius 2 is 1.94 bits per heavy atom. The average molecular weight is 285 g/mol. The van der Waals surface area contributed by atoms with E-state index in [1.54, 1.807) is 12.1 Å². The van der Waals surface area contributed by atoms with Crippen LogP contribution in [0, 0.1) is 11.7 Å². The predicted molar refractivity (Wildman–Crippen MR) is 69.4 cm³/mol. The van der Waals surface area contributed by atoms with Gasteiger partial charge in [0.1, 0.15) is 5.82 Å². The Kier molecular flexibility index (Phi) is 4.39. The van der Waals surface area contributed by atoms with E-state index in [-0.39, 0.29) is 5.82 Å². The van der Waals surface area contributed by atoms with E-state index in [0.717, 1.165) is 17.9 Å². The van der Waals surface area contributed by atoms with Gasteiger partial charge in [0, 0.05) is 4.83 Å². The summed E-state index contributed by atoms with van der Waals surface area (Å²) in [6.45, 7) is 0. The van der Waals surface area contributed by atoms with Crippen molar-refractivity contribution in [3.63, 3.8) is 0 Å². The predicted octanol–water partition coefficient (Wildman–Crippen LogP) is 4.71. The first-order chi connectivity index (χ1) is 7.75. The van der Waals surface area contributed by atoms with Gasteiger partial charge < -0.3 is 0 Å². The summed E-state index contributed by atoms with van der Waals surface area (Å²) in [5.74, 6) is 0.787. The van der Waals surface area contributed by atoms with Crippen LogP contribution in [0.2, 0.25) is 0 Å². The van der Waals surface area contributed by atoms with Gasteiger partial charge in [-0.3, -0.25) is 0 Å². The summed E-state index contributed by atoms with van der Waals surface area (Å²) in [4.78, 5) is 0.424. The quantitative estimate of drug-likeness (QED) is 0.703. The Hall–Kier alpha value is -0.370. The molecule has 0 N–H and O–H groups in total. The lowest BCUT2D eigenvalue weighted by molar-refractivity contribution is 0.491. The SMILES string of the molecule is Fc1ccccc1CC(Br)CC1CCCC1. The molecule has 1 aromatic carbocycles. The van der Waals surface area contributed by atoms with Crippen molar-refractivity contribution >= 4 is 15.9 Å². The summed E-state index contributed by atoms with van der Waals surface area (Å²) < 4.78 is 13.4. The van der Waals surface area contributed by atoms with E-state index in [4.69, 9.17) is 0 Å². The summed E-state index contributed by atoms with van der Waals surface area (Å²) in [5, 5.41) is 0. The van der Waals surface area contributed by atoms with Gasteiger partial charge in [0.25, 0.3) is 0 Å². The lowest BCUT2D eigenvalue weighted by Crippen LogP contribution is -2.09. The number of alkyl halides is 1. The molecule has 88 valence electrons. The fourth-order valence-corrected chi connectivity index (χ4v) is 3.47. The molecule has 0 aromatic heterocycles. The van der Waals surface area contributed by atoms with Gasteiger partial charge in [-0.1, -0.05) is 59.8 Å². The fraction of sp³-hybridized carbons (Fsp3) is 0.571. The minimum Gasteiger partial charge on any atom is -0.207 e. The molecule has 0 amide bonds. The van der Waals surface area contributed by atoms with Crippen LogP contribution in [0.4, 0.5) is 4.39 Å². The second-order valence-corrected chi connectivity index (χ2v) is 6.07. The van der Waals surface area contributed by atoms with Crippen molar-refractivity contribution in [2.45, 2.75) is 43.4 Å². The molecule has 1 fully saturated rings. The lowest BCUT2D eigenvalue weighted by Gasteiger charge is -2.15. The maximum absolute atomic E-state index is 13.4. The van der Waals surface area contributed by atoms with Crippen LogP contribution in [0.5, 0.6) is 0 Å². The second-order valence-electron chi connectivity index (χ2n) is 4.78. The minimum absolute atomic E-state index is 0.0710. The largest absolute Gasteiger partial charge is 0.207 e. The van der Waals surface area contributed by atoms with Crippen LogP contribution in [-0.4, -0.2) is 4.83 Å². The highest BCUT2D eigenvalue weighted by molar-refractivity contribution is 9.09. The zero-order valence-corrected chi connectivity index (χ0v) is 11.0. The molecule has 1 atom stereocenters. The van der Waals surface area contributed by atoms with Gasteiger partial charge >= 0.3 is 0 Å². The molecule has 1 aliphatic rings. The molecule has 1 aliphatic carbocycles. The highest BCUT2D eigenvalue weighted by Crippen LogP contribution is 2.31. The minimum atomic E-state index is -0.0710. The first-order valence-electron chi connectivity index (χ1n) is 6.13. The second kappa shape index (κ2) is 5.81. The van der Waals surface area contributed by atoms with Gasteiger partial charge in [0.2, 0.25) is 0 Å². The van der Waals surface area contributed by atoms with Crippen LogP contribution < -0.4 is 0 Å². The van der Waals surface area contributed by atoms with Crippen molar-refractivity contribution in [1.82, 2.24) is 0 Å². The van der Waals surface area contributed by atoms with E-state index < -0.39 is 0 Å². The van der Waals surface area contributed by atoms with Crippen molar-refractivity contribution in [1.29, 1.82) is 0 Å². The Balaban J connectivity index is 1.86. The molecule has 2 rings (SSSR count). The van der Waals surface area contributed by atoms with Crippen molar-refractivity contribution in [2.24, 2.45) is 5.92 Å². The molecule has 1 aromatic rings. The Labute approximate surface area is 105 Å². The summed E-state index contributed by atoms with van der Waals surface area (Å²) in [5.41, 5.74) is 0.836. The highest BCUT2D eigenvalue weighted by atomic mass is 79.9. The van der Waals surface area contributed by atoms with E-state index >= 15 is 0 Å². The highest BCUT2D eigenvalue weighted by Gasteiger charge is 2.19. The smallest absolute Gasteiger partial charge is 0.126 e. The molecule has 1 unspecified atom stereocenters. The maximum atomic E-state index is 13.4. The van der Waals surface area contributed by atoms with Gasteiger partial charge in [-0.2, -0.15) is 0 Å². The van der Waals surface area contributed by atoms with Crippen LogP contribution in [0.25, 0.3) is 0 Å². The van der Waals surface area contributed by atoms with Crippen LogP contribution in [0.3, 0.4) is 0 Å². The summed E-state index contributed by atoms with van der Waals surface area (Å²) in [6, 6.07) is 7.09. The van der Waals surface area contributed by atoms with Crippen molar-refractivity contribution in [2.75, 3.05) is 0 Å². The first-order valence-corrected chi connectivity index (χ1v) is 7.05. The molecular formula is C14H18BrF. The molecular weight excluding hydrogens is 267 g/mol.